The van der Waals surface area contributed by atoms with E-state index in [9.17, 15) is 46.6 Å². The van der Waals surface area contributed by atoms with Gasteiger partial charge in [0.25, 0.3) is 5.91 Å². The predicted octanol–water partition coefficient (Wildman–Crippen LogP) is 7.07. The number of aryl methyl sites for hydroxylation is 1. The van der Waals surface area contributed by atoms with Crippen molar-refractivity contribution in [2.24, 2.45) is 5.41 Å². The fourth-order valence-electron chi connectivity index (χ4n) is 11.8. The third-order valence-corrected chi connectivity index (χ3v) is 18.2. The number of aliphatic hydroxyl groups excluding tert-OH is 1. The Labute approximate surface area is 508 Å². The van der Waals surface area contributed by atoms with Gasteiger partial charge in [0, 0.05) is 120 Å². The molecule has 2 aromatic heterocycles. The van der Waals surface area contributed by atoms with Gasteiger partial charge in [-0.2, -0.15) is 13.2 Å². The number of halogens is 5. The van der Waals surface area contributed by atoms with E-state index in [0.29, 0.717) is 84.4 Å². The summed E-state index contributed by atoms with van der Waals surface area (Å²) in [5.41, 5.74) is 2.31. The zero-order valence-corrected chi connectivity index (χ0v) is 51.3. The van der Waals surface area contributed by atoms with Gasteiger partial charge in [-0.25, -0.2) is 23.7 Å². The van der Waals surface area contributed by atoms with Crippen LogP contribution in [0.25, 0.3) is 21.6 Å². The molecule has 4 N–H and O–H groups in total. The molecule has 5 aromatic rings. The molecule has 19 nitrogen and oxygen atoms in total. The van der Waals surface area contributed by atoms with Crippen molar-refractivity contribution < 1.29 is 51.0 Å². The summed E-state index contributed by atoms with van der Waals surface area (Å²) < 4.78 is 72.3. The molecular weight excluding hydrogens is 1150 g/mol. The zero-order valence-electron chi connectivity index (χ0n) is 50.5. The Morgan fingerprint density at radius 1 is 0.793 bits per heavy atom. The van der Waals surface area contributed by atoms with E-state index < -0.39 is 64.4 Å². The number of hydrogen-bond acceptors (Lipinski definition) is 15. The lowest BCUT2D eigenvalue weighted by Crippen LogP contribution is -2.57. The summed E-state index contributed by atoms with van der Waals surface area (Å²) in [6.07, 6.45) is -2.26. The van der Waals surface area contributed by atoms with Crippen LogP contribution in [0.3, 0.4) is 0 Å². The summed E-state index contributed by atoms with van der Waals surface area (Å²) in [5.74, 6) is -3.71. The van der Waals surface area contributed by atoms with Crippen LogP contribution >= 0.6 is 11.3 Å². The van der Waals surface area contributed by atoms with Crippen molar-refractivity contribution in [3.05, 3.63) is 107 Å². The van der Waals surface area contributed by atoms with Crippen molar-refractivity contribution in [2.75, 3.05) is 107 Å². The molecular formula is C62H78F5N13O6S. The number of alkyl halides is 3. The van der Waals surface area contributed by atoms with Gasteiger partial charge in [-0.1, -0.05) is 45.0 Å². The number of nitrogens with one attached hydrogen (secondary N) is 3. The number of amides is 5. The number of likely N-dealkylation sites (tertiary alicyclic amines) is 1. The molecule has 4 aliphatic rings. The molecule has 4 aliphatic heterocycles. The van der Waals surface area contributed by atoms with Crippen molar-refractivity contribution >= 4 is 58.2 Å². The third-order valence-electron chi connectivity index (χ3n) is 17.2. The van der Waals surface area contributed by atoms with Gasteiger partial charge < -0.3 is 45.6 Å². The number of carbonyl (C=O) groups excluding carboxylic acids is 5. The first kappa shape index (κ1) is 64.3. The van der Waals surface area contributed by atoms with Crippen LogP contribution in [0.1, 0.15) is 94.0 Å². The highest BCUT2D eigenvalue weighted by Crippen LogP contribution is 2.39. The molecule has 0 spiro atoms. The van der Waals surface area contributed by atoms with Crippen molar-refractivity contribution in [2.45, 2.75) is 110 Å². The molecule has 9 rings (SSSR count). The van der Waals surface area contributed by atoms with Crippen LogP contribution in [-0.2, 0) is 25.4 Å². The van der Waals surface area contributed by atoms with E-state index in [1.807, 2.05) is 89.6 Å². The van der Waals surface area contributed by atoms with E-state index in [2.05, 4.69) is 45.6 Å². The maximum absolute atomic E-state index is 16.3. The number of aliphatic hydroxyl groups is 1. The van der Waals surface area contributed by atoms with Crippen LogP contribution in [-0.4, -0.2) is 196 Å². The smallest absolute Gasteiger partial charge is 0.391 e. The summed E-state index contributed by atoms with van der Waals surface area (Å²) in [5, 5.41) is 19.3. The number of nitrogens with zero attached hydrogens (tertiary/aromatic N) is 10. The summed E-state index contributed by atoms with van der Waals surface area (Å²) in [6.45, 7) is 19.6. The average molecular weight is 1230 g/mol. The molecule has 87 heavy (non-hydrogen) atoms. The Bertz CT molecular complexity index is 3260. The zero-order chi connectivity index (χ0) is 62.6. The van der Waals surface area contributed by atoms with E-state index >= 15 is 4.39 Å². The number of anilines is 3. The largest absolute Gasteiger partial charge is 0.417 e. The number of hydrogen-bond donors (Lipinski definition) is 4. The molecule has 3 aromatic carbocycles. The molecule has 25 heteroatoms. The van der Waals surface area contributed by atoms with Crippen LogP contribution in [0.4, 0.5) is 39.3 Å². The Balaban J connectivity index is 0.725. The topological polar surface area (TPSA) is 203 Å². The SMILES string of the molecule is Cc1ncsc1-c1ccc([C@H](C)NC(=O)[C@@H]2C[C@@H](O)CN2C(=O)[C@@H](NC(=O)CCCN2CCN(CC(=O)N3CCN(c4ncc(-c5cc(NC(=O)c6ccc(F)cc6C(F)(F)F)c(N6C[C@@H](C)N(C)[C@@H](C)C6)cc5F)cn4)CC3)CC2)C(C)(C)C)cc1. The Hall–Kier alpha value is -7.19. The molecule has 468 valence electrons. The van der Waals surface area contributed by atoms with E-state index in [1.165, 1.54) is 29.4 Å². The molecule has 4 fully saturated rings. The van der Waals surface area contributed by atoms with Gasteiger partial charge >= 0.3 is 6.18 Å². The highest BCUT2D eigenvalue weighted by molar-refractivity contribution is 7.13. The number of aromatic nitrogens is 3. The second kappa shape index (κ2) is 27.1. The second-order valence-corrected chi connectivity index (χ2v) is 25.4. The minimum Gasteiger partial charge on any atom is -0.391 e. The van der Waals surface area contributed by atoms with Gasteiger partial charge in [-0.05, 0) is 94.6 Å². The summed E-state index contributed by atoms with van der Waals surface area (Å²) in [6, 6.07) is 10.1. The molecule has 4 saturated heterocycles. The highest BCUT2D eigenvalue weighted by atomic mass is 32.1. The number of β-amino-alcohol motifs (C(OH)–C–C–N with tert-alkyl or cyclic N) is 1. The average Bonchev–Trinajstić information content (AvgIpc) is 1.73. The van der Waals surface area contributed by atoms with Crippen molar-refractivity contribution in [3.63, 3.8) is 0 Å². The Morgan fingerprint density at radius 2 is 1.45 bits per heavy atom. The number of likely N-dealkylation sites (N-methyl/N-ethyl adjacent to an activating group) is 1. The fraction of sp³-hybridized carbons (Fsp3) is 0.516. The minimum absolute atomic E-state index is 0.00329. The summed E-state index contributed by atoms with van der Waals surface area (Å²) >= 11 is 1.56. The van der Waals surface area contributed by atoms with Gasteiger partial charge in [-0.15, -0.1) is 11.3 Å². The quantitative estimate of drug-likeness (QED) is 0.0689. The van der Waals surface area contributed by atoms with Gasteiger partial charge in [0.2, 0.25) is 29.6 Å². The Morgan fingerprint density at radius 3 is 2.07 bits per heavy atom. The van der Waals surface area contributed by atoms with Gasteiger partial charge in [0.1, 0.15) is 23.7 Å². The lowest BCUT2D eigenvalue weighted by molar-refractivity contribution is -0.144. The third kappa shape index (κ3) is 15.4. The number of rotatable bonds is 17. The number of carbonyl (C=O) groups is 5. The molecule has 0 aliphatic carbocycles. The monoisotopic (exact) mass is 1230 g/mol. The first-order valence-corrected chi connectivity index (χ1v) is 30.5. The lowest BCUT2D eigenvalue weighted by Gasteiger charge is -2.44. The van der Waals surface area contributed by atoms with Crippen LogP contribution in [0.5, 0.6) is 0 Å². The minimum atomic E-state index is -5.03. The Kier molecular flexibility index (Phi) is 20.0. The van der Waals surface area contributed by atoms with Crippen LogP contribution in [0.2, 0.25) is 0 Å². The molecule has 5 amide bonds. The van der Waals surface area contributed by atoms with Crippen LogP contribution < -0.4 is 25.8 Å². The highest BCUT2D eigenvalue weighted by Gasteiger charge is 2.45. The maximum Gasteiger partial charge on any atom is 0.417 e. The number of piperazine rings is 3. The van der Waals surface area contributed by atoms with E-state index in [-0.39, 0.29) is 90.3 Å². The molecule has 6 heterocycles. The predicted molar refractivity (Wildman–Crippen MR) is 323 cm³/mol. The standard InChI is InChI=1S/C62H78F5N13O6S/c1-37-32-79(33-38(2)74(37)8)51-29-49(64)47(28-50(51)72-57(84)46-16-15-44(63)26-48(46)62(65,66)67)43-30-68-60(69-31-43)78-24-22-77(23-25-78)54(83)35-76-20-18-75(19-21-76)17-9-10-53(82)73-56(61(5,6)7)59(86)80-34-45(81)27-52(80)58(85)71-39(3)41-11-13-42(14-12-41)55-40(4)70-36-87-55/h11-16,26,28-31,36-39,45,52,56,81H,9-10,17-25,27,32-35H2,1-8H3,(H,71,85)(H,72,84)(H,73,82)/t37-,38+,39-,45+,52-,56+/m0/s1. The number of benzene rings is 3. The molecule has 0 bridgehead atoms. The first-order valence-electron chi connectivity index (χ1n) is 29.6. The van der Waals surface area contributed by atoms with Gasteiger partial charge in [0.15, 0.2) is 0 Å². The summed E-state index contributed by atoms with van der Waals surface area (Å²) in [7, 11) is 1.96. The number of thiazole rings is 1. The van der Waals surface area contributed by atoms with Crippen molar-refractivity contribution in [1.29, 1.82) is 0 Å². The van der Waals surface area contributed by atoms with Crippen molar-refractivity contribution in [3.8, 4) is 21.6 Å². The lowest BCUT2D eigenvalue weighted by atomic mass is 9.85. The van der Waals surface area contributed by atoms with Gasteiger partial charge in [0.05, 0.1) is 57.3 Å². The normalized spacial score (nSPS) is 20.8. The van der Waals surface area contributed by atoms with Crippen LogP contribution in [0, 0.1) is 24.0 Å². The van der Waals surface area contributed by atoms with E-state index in [1.54, 1.807) is 21.7 Å². The van der Waals surface area contributed by atoms with Crippen molar-refractivity contribution in [1.82, 2.24) is 50.1 Å². The molecule has 0 radical (unpaired) electrons. The maximum atomic E-state index is 16.3. The second-order valence-electron chi connectivity index (χ2n) is 24.5. The fourth-order valence-corrected chi connectivity index (χ4v) is 12.7. The molecule has 0 unspecified atom stereocenters. The van der Waals surface area contributed by atoms with Crippen LogP contribution in [0.15, 0.2) is 72.5 Å². The van der Waals surface area contributed by atoms with E-state index in [0.717, 1.165) is 33.8 Å². The molecule has 0 saturated carbocycles. The van der Waals surface area contributed by atoms with Gasteiger partial charge in [-0.3, -0.25) is 33.8 Å². The molecule has 6 atom stereocenters. The van der Waals surface area contributed by atoms with E-state index in [4.69, 9.17) is 0 Å². The first-order chi connectivity index (χ1) is 41.2. The summed E-state index contributed by atoms with van der Waals surface area (Å²) in [4.78, 5) is 96.7.